The number of halogens is 3. The summed E-state index contributed by atoms with van der Waals surface area (Å²) in [6, 6.07) is 1.16. The summed E-state index contributed by atoms with van der Waals surface area (Å²) < 4.78 is 27.8. The van der Waals surface area contributed by atoms with Crippen molar-refractivity contribution in [2.24, 2.45) is 0 Å². The Hall–Kier alpha value is -1.57. The number of rotatable bonds is 6. The number of nitro benzene ring substituents is 1. The van der Waals surface area contributed by atoms with E-state index >= 15 is 0 Å². The number of hydrogen-bond acceptors (Lipinski definition) is 3. The number of amides is 1. The molecule has 0 N–H and O–H groups in total. The van der Waals surface area contributed by atoms with Gasteiger partial charge in [-0.15, -0.1) is 0 Å². The third-order valence-electron chi connectivity index (χ3n) is 2.90. The number of hydrogen-bond donors (Lipinski definition) is 0. The number of benzene rings is 1. The first-order valence-corrected chi connectivity index (χ1v) is 7.42. The van der Waals surface area contributed by atoms with Crippen molar-refractivity contribution in [2.75, 3.05) is 11.9 Å². The van der Waals surface area contributed by atoms with Crippen LogP contribution in [0.5, 0.6) is 0 Å². The average Bonchev–Trinajstić information content (AvgIpc) is 2.38. The van der Waals surface area contributed by atoms with Gasteiger partial charge in [0.25, 0.3) is 5.91 Å². The Labute approximate surface area is 129 Å². The lowest BCUT2D eigenvalue weighted by atomic mass is 10.1. The molecule has 0 fully saturated rings. The summed E-state index contributed by atoms with van der Waals surface area (Å²) in [6.45, 7) is 3.71. The van der Waals surface area contributed by atoms with Crippen molar-refractivity contribution in [3.8, 4) is 0 Å². The minimum Gasteiger partial charge on any atom is -0.336 e. The van der Waals surface area contributed by atoms with Gasteiger partial charge in [-0.2, -0.15) is 4.39 Å². The molecular weight excluding hydrogens is 350 g/mol. The monoisotopic (exact) mass is 364 g/mol. The molecule has 1 rings (SSSR count). The van der Waals surface area contributed by atoms with E-state index < -0.39 is 33.7 Å². The Bertz CT molecular complexity index is 552. The highest BCUT2D eigenvalue weighted by molar-refractivity contribution is 9.09. The van der Waals surface area contributed by atoms with Gasteiger partial charge in [-0.1, -0.05) is 15.9 Å². The lowest BCUT2D eigenvalue weighted by Gasteiger charge is -2.26. The zero-order valence-electron chi connectivity index (χ0n) is 11.6. The largest absolute Gasteiger partial charge is 0.336 e. The van der Waals surface area contributed by atoms with Crippen molar-refractivity contribution in [1.29, 1.82) is 0 Å². The normalized spacial score (nSPS) is 10.8. The number of carbonyl (C=O) groups is 1. The van der Waals surface area contributed by atoms with Gasteiger partial charge in [-0.3, -0.25) is 14.9 Å². The molecule has 0 radical (unpaired) electrons. The number of alkyl halides is 1. The number of nitro groups is 1. The van der Waals surface area contributed by atoms with E-state index in [-0.39, 0.29) is 6.04 Å². The van der Waals surface area contributed by atoms with E-state index in [4.69, 9.17) is 0 Å². The van der Waals surface area contributed by atoms with Gasteiger partial charge < -0.3 is 4.90 Å². The predicted octanol–water partition coefficient (Wildman–Crippen LogP) is 3.51. The first kappa shape index (κ1) is 17.5. The highest BCUT2D eigenvalue weighted by atomic mass is 79.9. The van der Waals surface area contributed by atoms with Gasteiger partial charge >= 0.3 is 5.69 Å². The summed E-state index contributed by atoms with van der Waals surface area (Å²) in [5, 5.41) is 11.3. The van der Waals surface area contributed by atoms with Crippen LogP contribution in [0.3, 0.4) is 0 Å². The van der Waals surface area contributed by atoms with E-state index in [0.29, 0.717) is 24.4 Å². The van der Waals surface area contributed by atoms with Gasteiger partial charge in [0.15, 0.2) is 0 Å². The number of nitrogens with zero attached hydrogens (tertiary/aromatic N) is 2. The van der Waals surface area contributed by atoms with Crippen molar-refractivity contribution >= 4 is 27.5 Å². The fourth-order valence-corrected chi connectivity index (χ4v) is 2.10. The molecule has 8 heteroatoms. The van der Waals surface area contributed by atoms with Crippen LogP contribution in [0.2, 0.25) is 0 Å². The van der Waals surface area contributed by atoms with Crippen molar-refractivity contribution in [3.05, 3.63) is 39.4 Å². The zero-order chi connectivity index (χ0) is 16.2. The second-order valence-corrected chi connectivity index (χ2v) is 5.44. The molecule has 0 saturated carbocycles. The van der Waals surface area contributed by atoms with Gasteiger partial charge in [0.05, 0.1) is 4.92 Å². The second-order valence-electron chi connectivity index (χ2n) is 4.65. The Morgan fingerprint density at radius 2 is 2.05 bits per heavy atom. The molecule has 0 heterocycles. The highest BCUT2D eigenvalue weighted by Gasteiger charge is 2.30. The highest BCUT2D eigenvalue weighted by Crippen LogP contribution is 2.25. The van der Waals surface area contributed by atoms with E-state index in [0.717, 1.165) is 6.07 Å². The SMILES string of the molecule is CC(C)N(CCCBr)C(=O)c1c(F)ccc([N+](=O)[O-])c1F. The Morgan fingerprint density at radius 1 is 1.43 bits per heavy atom. The fourth-order valence-electron chi connectivity index (χ4n) is 1.85. The lowest BCUT2D eigenvalue weighted by Crippen LogP contribution is -2.39. The van der Waals surface area contributed by atoms with Crippen LogP contribution in [-0.4, -0.2) is 33.6 Å². The van der Waals surface area contributed by atoms with Gasteiger partial charge in [0.1, 0.15) is 11.4 Å². The Morgan fingerprint density at radius 3 is 2.52 bits per heavy atom. The summed E-state index contributed by atoms with van der Waals surface area (Å²) in [4.78, 5) is 23.3. The van der Waals surface area contributed by atoms with Crippen LogP contribution in [-0.2, 0) is 0 Å². The topological polar surface area (TPSA) is 63.5 Å². The lowest BCUT2D eigenvalue weighted by molar-refractivity contribution is -0.387. The van der Waals surface area contributed by atoms with Crippen molar-refractivity contribution in [3.63, 3.8) is 0 Å². The standard InChI is InChI=1S/C13H15BrF2N2O3/c1-8(2)17(7-3-6-14)13(19)11-9(15)4-5-10(12(11)16)18(20)21/h4-5,8H,3,6-7H2,1-2H3. The molecule has 0 unspecified atom stereocenters. The molecule has 1 aromatic carbocycles. The maximum atomic E-state index is 14.0. The molecule has 0 aliphatic carbocycles. The molecule has 5 nitrogen and oxygen atoms in total. The third kappa shape index (κ3) is 3.96. The molecule has 1 aromatic rings. The zero-order valence-corrected chi connectivity index (χ0v) is 13.2. The molecule has 0 spiro atoms. The smallest absolute Gasteiger partial charge is 0.305 e. The molecule has 21 heavy (non-hydrogen) atoms. The van der Waals surface area contributed by atoms with Crippen LogP contribution in [0.25, 0.3) is 0 Å². The van der Waals surface area contributed by atoms with E-state index in [1.165, 1.54) is 4.90 Å². The van der Waals surface area contributed by atoms with Crippen LogP contribution in [0.15, 0.2) is 12.1 Å². The summed E-state index contributed by atoms with van der Waals surface area (Å²) >= 11 is 3.22. The van der Waals surface area contributed by atoms with E-state index in [2.05, 4.69) is 15.9 Å². The van der Waals surface area contributed by atoms with Gasteiger partial charge in [-0.25, -0.2) is 4.39 Å². The van der Waals surface area contributed by atoms with Gasteiger partial charge in [0, 0.05) is 24.0 Å². The molecule has 1 amide bonds. The summed E-state index contributed by atoms with van der Waals surface area (Å²) in [5.41, 5.74) is -1.79. The summed E-state index contributed by atoms with van der Waals surface area (Å²) in [7, 11) is 0. The molecule has 0 atom stereocenters. The van der Waals surface area contributed by atoms with Gasteiger partial charge in [-0.05, 0) is 26.3 Å². The van der Waals surface area contributed by atoms with Crippen molar-refractivity contribution in [1.82, 2.24) is 4.90 Å². The average molecular weight is 365 g/mol. The van der Waals surface area contributed by atoms with Crippen LogP contribution in [0.1, 0.15) is 30.6 Å². The molecule has 0 aliphatic heterocycles. The number of carbonyl (C=O) groups excluding carboxylic acids is 1. The van der Waals surface area contributed by atoms with E-state index in [9.17, 15) is 23.7 Å². The molecule has 0 aliphatic rings. The maximum absolute atomic E-state index is 14.0. The molecule has 0 aromatic heterocycles. The second kappa shape index (κ2) is 7.44. The quantitative estimate of drug-likeness (QED) is 0.440. The summed E-state index contributed by atoms with van der Waals surface area (Å²) in [6.07, 6.45) is 0.599. The molecule has 116 valence electrons. The summed E-state index contributed by atoms with van der Waals surface area (Å²) in [5.74, 6) is -3.42. The minimum absolute atomic E-state index is 0.283. The molecule has 0 saturated heterocycles. The minimum atomic E-state index is -1.44. The van der Waals surface area contributed by atoms with Gasteiger partial charge in [0.2, 0.25) is 5.82 Å². The Kier molecular flexibility index (Phi) is 6.19. The first-order valence-electron chi connectivity index (χ1n) is 6.30. The van der Waals surface area contributed by atoms with Crippen LogP contribution < -0.4 is 0 Å². The van der Waals surface area contributed by atoms with Crippen LogP contribution in [0, 0.1) is 21.7 Å². The third-order valence-corrected chi connectivity index (χ3v) is 3.46. The fraction of sp³-hybridized carbons (Fsp3) is 0.462. The van der Waals surface area contributed by atoms with E-state index in [1.807, 2.05) is 0 Å². The van der Waals surface area contributed by atoms with Crippen LogP contribution in [0.4, 0.5) is 14.5 Å². The maximum Gasteiger partial charge on any atom is 0.305 e. The predicted molar refractivity (Wildman–Crippen MR) is 77.6 cm³/mol. The molecular formula is C13H15BrF2N2O3. The first-order chi connectivity index (χ1) is 9.81. The van der Waals surface area contributed by atoms with Crippen molar-refractivity contribution in [2.45, 2.75) is 26.3 Å². The Balaban J connectivity index is 3.27. The van der Waals surface area contributed by atoms with Crippen molar-refractivity contribution < 1.29 is 18.5 Å². The van der Waals surface area contributed by atoms with Crippen LogP contribution >= 0.6 is 15.9 Å². The van der Waals surface area contributed by atoms with E-state index in [1.54, 1.807) is 13.8 Å². The molecule has 0 bridgehead atoms.